The van der Waals surface area contributed by atoms with Crippen LogP contribution in [0.2, 0.25) is 0 Å². The quantitative estimate of drug-likeness (QED) is 0.118. The molecule has 2 aliphatic rings. The van der Waals surface area contributed by atoms with Gasteiger partial charge in [-0.3, -0.25) is 39.0 Å². The number of esters is 1. The van der Waals surface area contributed by atoms with Crippen molar-refractivity contribution in [3.05, 3.63) is 75.8 Å². The molecule has 0 radical (unpaired) electrons. The molecule has 0 aliphatic carbocycles. The summed E-state index contributed by atoms with van der Waals surface area (Å²) in [6, 6.07) is 9.60. The molecule has 16 heteroatoms. The van der Waals surface area contributed by atoms with Gasteiger partial charge in [-0.25, -0.2) is 14.7 Å². The molecule has 0 aromatic heterocycles. The number of nitrogens with zero attached hydrogens (tertiary/aromatic N) is 4. The molecule has 0 spiro atoms. The van der Waals surface area contributed by atoms with Crippen molar-refractivity contribution in [2.75, 3.05) is 26.2 Å². The zero-order valence-electron chi connectivity index (χ0n) is 23.8. The van der Waals surface area contributed by atoms with Crippen molar-refractivity contribution >= 4 is 41.3 Å². The molecule has 44 heavy (non-hydrogen) atoms. The van der Waals surface area contributed by atoms with Gasteiger partial charge in [-0.1, -0.05) is 30.3 Å². The Balaban J connectivity index is 1.31. The summed E-state index contributed by atoms with van der Waals surface area (Å²) < 4.78 is 5.07. The van der Waals surface area contributed by atoms with Gasteiger partial charge in [0.2, 0.25) is 5.91 Å². The van der Waals surface area contributed by atoms with E-state index in [4.69, 9.17) is 9.57 Å². The van der Waals surface area contributed by atoms with Crippen LogP contribution >= 0.6 is 0 Å². The number of imide groups is 1. The van der Waals surface area contributed by atoms with Crippen LogP contribution in [0, 0.1) is 10.1 Å². The monoisotopic (exact) mass is 610 g/mol. The highest BCUT2D eigenvalue weighted by Crippen LogP contribution is 2.22. The highest BCUT2D eigenvalue weighted by Gasteiger charge is 2.48. The Morgan fingerprint density at radius 3 is 2.32 bits per heavy atom. The number of non-ortho nitro benzene ring substituents is 1. The number of nitro groups is 1. The summed E-state index contributed by atoms with van der Waals surface area (Å²) in [5, 5.41) is 16.7. The highest BCUT2D eigenvalue weighted by molar-refractivity contribution is 6.38. The molecule has 0 saturated carbocycles. The van der Waals surface area contributed by atoms with E-state index in [1.54, 1.807) is 44.2 Å². The van der Waals surface area contributed by atoms with E-state index < -0.39 is 65.3 Å². The third-order valence-corrected chi connectivity index (χ3v) is 7.10. The minimum absolute atomic E-state index is 0.0475. The van der Waals surface area contributed by atoms with Gasteiger partial charge in [-0.15, -0.1) is 0 Å². The van der Waals surface area contributed by atoms with Crippen molar-refractivity contribution in [2.45, 2.75) is 38.6 Å². The van der Waals surface area contributed by atoms with E-state index in [0.717, 1.165) is 9.96 Å². The fourth-order valence-corrected chi connectivity index (χ4v) is 4.56. The molecule has 0 unspecified atom stereocenters. The average Bonchev–Trinajstić information content (AvgIpc) is 3.03. The summed E-state index contributed by atoms with van der Waals surface area (Å²) in [5.41, 5.74) is 0.775. The van der Waals surface area contributed by atoms with E-state index in [0.29, 0.717) is 17.7 Å². The zero-order valence-corrected chi connectivity index (χ0v) is 23.8. The van der Waals surface area contributed by atoms with Crippen LogP contribution in [-0.4, -0.2) is 93.7 Å². The van der Waals surface area contributed by atoms with Crippen LogP contribution in [0.15, 0.2) is 54.6 Å². The number of hydroxylamine groups is 2. The number of hydrogen-bond acceptors (Lipinski definition) is 10. The van der Waals surface area contributed by atoms with Crippen LogP contribution in [0.1, 0.15) is 31.0 Å². The van der Waals surface area contributed by atoms with Crippen LogP contribution in [0.5, 0.6) is 0 Å². The van der Waals surface area contributed by atoms with Crippen LogP contribution in [0.4, 0.5) is 10.5 Å². The topological polar surface area (TPSA) is 198 Å². The number of β-lactam (4-membered cyclic amide) rings is 1. The van der Waals surface area contributed by atoms with Gasteiger partial charge in [0, 0.05) is 31.8 Å². The lowest BCUT2D eigenvalue weighted by atomic mass is 9.98. The first kappa shape index (κ1) is 31.6. The summed E-state index contributed by atoms with van der Waals surface area (Å²) in [6.45, 7) is 2.93. The molecule has 2 N–H and O–H groups in total. The Hall–Kier alpha value is -5.38. The zero-order chi connectivity index (χ0) is 32.0. The first-order valence-corrected chi connectivity index (χ1v) is 13.6. The first-order valence-electron chi connectivity index (χ1n) is 13.6. The number of nitrogens with one attached hydrogen (secondary N) is 2. The fourth-order valence-electron chi connectivity index (χ4n) is 4.56. The summed E-state index contributed by atoms with van der Waals surface area (Å²) in [4.78, 5) is 93.4. The number of hydrogen-bond donors (Lipinski definition) is 2. The van der Waals surface area contributed by atoms with Gasteiger partial charge in [0.15, 0.2) is 6.61 Å². The van der Waals surface area contributed by atoms with E-state index in [9.17, 15) is 38.9 Å². The second kappa shape index (κ2) is 13.7. The smallest absolute Gasteiger partial charge is 0.335 e. The number of nitro benzene ring substituents is 1. The maximum Gasteiger partial charge on any atom is 0.335 e. The number of ether oxygens (including phenoxy) is 1. The van der Waals surface area contributed by atoms with E-state index in [-0.39, 0.29) is 25.4 Å². The van der Waals surface area contributed by atoms with Crippen LogP contribution < -0.4 is 10.6 Å². The van der Waals surface area contributed by atoms with Crippen LogP contribution in [0.3, 0.4) is 0 Å². The molecular weight excluding hydrogens is 580 g/mol. The highest BCUT2D eigenvalue weighted by atomic mass is 16.7. The van der Waals surface area contributed by atoms with E-state index in [2.05, 4.69) is 10.6 Å². The predicted molar refractivity (Wildman–Crippen MR) is 149 cm³/mol. The van der Waals surface area contributed by atoms with Crippen molar-refractivity contribution in [3.8, 4) is 0 Å². The molecule has 2 heterocycles. The molecule has 2 saturated heterocycles. The minimum Gasteiger partial charge on any atom is -0.459 e. The van der Waals surface area contributed by atoms with Crippen LogP contribution in [-0.2, 0) is 40.2 Å². The molecule has 3 atom stereocenters. The first-order chi connectivity index (χ1) is 21.0. The number of piperazine rings is 1. The molecule has 4 rings (SSSR count). The third kappa shape index (κ3) is 6.97. The molecule has 2 fully saturated rings. The fraction of sp³-hybridized carbons (Fsp3) is 0.357. The lowest BCUT2D eigenvalue weighted by Crippen LogP contribution is -2.70. The Morgan fingerprint density at radius 1 is 1.02 bits per heavy atom. The van der Waals surface area contributed by atoms with Crippen LogP contribution in [0.25, 0.3) is 0 Å². The van der Waals surface area contributed by atoms with Gasteiger partial charge in [0.1, 0.15) is 18.7 Å². The number of likely N-dealkylation sites (N-methyl/N-ethyl adjacent to an activating group) is 1. The lowest BCUT2D eigenvalue weighted by molar-refractivity contribution is -0.384. The van der Waals surface area contributed by atoms with Crippen molar-refractivity contribution in [2.24, 2.45) is 0 Å². The van der Waals surface area contributed by atoms with Gasteiger partial charge >= 0.3 is 23.8 Å². The normalized spacial score (nSPS) is 18.8. The van der Waals surface area contributed by atoms with E-state index in [1.165, 1.54) is 29.2 Å². The Bertz CT molecular complexity index is 1450. The molecular formula is C28H30N6O10. The SMILES string of the molecule is CCN1CCN(C(=O)N[C@@H](C(=O)N[C@@H]2C(=O)N(OCC(=O)OCc3ccc([N+](=O)[O-])cc3)[C@H]2C)c2ccccc2)C(=O)C1=O. The van der Waals surface area contributed by atoms with Gasteiger partial charge in [0.25, 0.3) is 11.6 Å². The van der Waals surface area contributed by atoms with Gasteiger partial charge in [-0.05, 0) is 37.1 Å². The lowest BCUT2D eigenvalue weighted by Gasteiger charge is -2.43. The number of benzene rings is 2. The number of amides is 6. The maximum absolute atomic E-state index is 13.3. The summed E-state index contributed by atoms with van der Waals surface area (Å²) >= 11 is 0. The molecule has 2 aliphatic heterocycles. The largest absolute Gasteiger partial charge is 0.459 e. The standard InChI is InChI=1S/C28H30N6O10/c1-3-31-13-14-32(27(39)26(31)38)28(40)30-23(19-7-5-4-6-8-19)24(36)29-22-17(2)33(25(22)37)44-16-21(35)43-15-18-9-11-20(12-10-18)34(41)42/h4-12,17,22-23H,3,13-16H2,1-2H3,(H,29,36)(H,30,40)/t17-,22-,23+/m0/s1. The summed E-state index contributed by atoms with van der Waals surface area (Å²) in [7, 11) is 0. The van der Waals surface area contributed by atoms with Gasteiger partial charge in [0.05, 0.1) is 11.0 Å². The van der Waals surface area contributed by atoms with Crippen molar-refractivity contribution in [3.63, 3.8) is 0 Å². The summed E-state index contributed by atoms with van der Waals surface area (Å²) in [6.07, 6.45) is 0. The number of carbonyl (C=O) groups excluding carboxylic acids is 6. The average molecular weight is 611 g/mol. The van der Waals surface area contributed by atoms with Gasteiger partial charge in [-0.2, -0.15) is 0 Å². The van der Waals surface area contributed by atoms with Crippen molar-refractivity contribution < 1.29 is 43.3 Å². The third-order valence-electron chi connectivity index (χ3n) is 7.10. The van der Waals surface area contributed by atoms with Crippen molar-refractivity contribution in [1.29, 1.82) is 0 Å². The summed E-state index contributed by atoms with van der Waals surface area (Å²) in [5.74, 6) is -4.02. The Kier molecular flexibility index (Phi) is 9.85. The van der Waals surface area contributed by atoms with E-state index in [1.807, 2.05) is 0 Å². The molecule has 2 aromatic rings. The Morgan fingerprint density at radius 2 is 1.70 bits per heavy atom. The maximum atomic E-state index is 13.3. The number of carbonyl (C=O) groups is 6. The molecule has 0 bridgehead atoms. The van der Waals surface area contributed by atoms with Gasteiger partial charge < -0.3 is 20.3 Å². The Labute approximate surface area is 250 Å². The second-order valence-corrected chi connectivity index (χ2v) is 9.88. The van der Waals surface area contributed by atoms with Crippen molar-refractivity contribution in [1.82, 2.24) is 25.5 Å². The molecule has 2 aromatic carbocycles. The predicted octanol–water partition coefficient (Wildman–Crippen LogP) is 0.427. The molecule has 16 nitrogen and oxygen atoms in total. The minimum atomic E-state index is -1.31. The van der Waals surface area contributed by atoms with E-state index >= 15 is 0 Å². The molecule has 6 amide bonds. The number of rotatable bonds is 11. The number of urea groups is 1. The second-order valence-electron chi connectivity index (χ2n) is 9.88. The molecule has 232 valence electrons.